The van der Waals surface area contributed by atoms with E-state index in [2.05, 4.69) is 5.32 Å². The molecule has 0 fully saturated rings. The highest BCUT2D eigenvalue weighted by atomic mass is 16.5. The fraction of sp³-hybridized carbons (Fsp3) is 0.333. The summed E-state index contributed by atoms with van der Waals surface area (Å²) < 4.78 is 4.86. The Morgan fingerprint density at radius 2 is 2.11 bits per heavy atom. The van der Waals surface area contributed by atoms with Crippen molar-refractivity contribution in [2.75, 3.05) is 13.7 Å². The third-order valence-electron chi connectivity index (χ3n) is 2.29. The maximum Gasteiger partial charge on any atom is 0.303 e. The average Bonchev–Trinajstić information content (AvgIpc) is 2.34. The van der Waals surface area contributed by atoms with Crippen LogP contribution < -0.4 is 10.1 Å². The molecule has 1 aromatic rings. The van der Waals surface area contributed by atoms with Gasteiger partial charge in [-0.05, 0) is 24.6 Å². The summed E-state index contributed by atoms with van der Waals surface area (Å²) in [6, 6.07) is 4.30. The van der Waals surface area contributed by atoms with Gasteiger partial charge in [-0.2, -0.15) is 0 Å². The van der Waals surface area contributed by atoms with Gasteiger partial charge in [0.2, 0.25) is 0 Å². The Balaban J connectivity index is 2.51. The van der Waals surface area contributed by atoms with Crippen molar-refractivity contribution in [1.82, 2.24) is 5.32 Å². The first-order chi connectivity index (χ1) is 8.54. The molecule has 0 saturated heterocycles. The van der Waals surface area contributed by atoms with Crippen molar-refractivity contribution < 1.29 is 24.5 Å². The molecule has 1 rings (SSSR count). The predicted octanol–water partition coefficient (Wildman–Crippen LogP) is 0.995. The van der Waals surface area contributed by atoms with Crippen LogP contribution in [0, 0.1) is 0 Å². The van der Waals surface area contributed by atoms with E-state index in [4.69, 9.17) is 9.84 Å². The number of aliphatic carboxylic acids is 1. The Hall–Kier alpha value is -2.24. The van der Waals surface area contributed by atoms with Gasteiger partial charge in [-0.25, -0.2) is 0 Å². The predicted molar refractivity (Wildman–Crippen MR) is 63.9 cm³/mol. The Kier molecular flexibility index (Phi) is 4.98. The van der Waals surface area contributed by atoms with Crippen LogP contribution in [0.3, 0.4) is 0 Å². The Bertz CT molecular complexity index is 444. The molecule has 1 aromatic carbocycles. The number of aromatic hydroxyl groups is 1. The molecular formula is C12H15NO5. The monoisotopic (exact) mass is 253 g/mol. The summed E-state index contributed by atoms with van der Waals surface area (Å²) in [6.45, 7) is 0.276. The maximum absolute atomic E-state index is 11.6. The van der Waals surface area contributed by atoms with Gasteiger partial charge in [0.25, 0.3) is 5.91 Å². The molecular weight excluding hydrogens is 238 g/mol. The Labute approximate surface area is 104 Å². The van der Waals surface area contributed by atoms with Gasteiger partial charge in [0.05, 0.1) is 7.11 Å². The van der Waals surface area contributed by atoms with Gasteiger partial charge in [-0.15, -0.1) is 0 Å². The van der Waals surface area contributed by atoms with Crippen LogP contribution in [0.1, 0.15) is 23.2 Å². The van der Waals surface area contributed by atoms with Crippen LogP contribution in [0.25, 0.3) is 0 Å². The van der Waals surface area contributed by atoms with Crippen molar-refractivity contribution >= 4 is 11.9 Å². The van der Waals surface area contributed by atoms with Crippen molar-refractivity contribution in [2.24, 2.45) is 0 Å². The van der Waals surface area contributed by atoms with E-state index in [-0.39, 0.29) is 30.4 Å². The minimum absolute atomic E-state index is 0.00808. The number of ether oxygens (including phenoxy) is 1. The zero-order valence-electron chi connectivity index (χ0n) is 9.97. The first kappa shape index (κ1) is 13.8. The van der Waals surface area contributed by atoms with E-state index in [1.807, 2.05) is 0 Å². The van der Waals surface area contributed by atoms with Crippen LogP contribution >= 0.6 is 0 Å². The normalized spacial score (nSPS) is 9.83. The third kappa shape index (κ3) is 3.97. The van der Waals surface area contributed by atoms with Crippen molar-refractivity contribution in [3.63, 3.8) is 0 Å². The molecule has 0 aromatic heterocycles. The van der Waals surface area contributed by atoms with Gasteiger partial charge in [-0.1, -0.05) is 0 Å². The molecule has 6 heteroatoms. The number of carboxylic acids is 1. The van der Waals surface area contributed by atoms with E-state index in [1.54, 1.807) is 0 Å². The summed E-state index contributed by atoms with van der Waals surface area (Å²) >= 11 is 0. The van der Waals surface area contributed by atoms with E-state index < -0.39 is 5.97 Å². The first-order valence-electron chi connectivity index (χ1n) is 5.41. The van der Waals surface area contributed by atoms with E-state index in [1.165, 1.54) is 25.3 Å². The van der Waals surface area contributed by atoms with Gasteiger partial charge >= 0.3 is 5.97 Å². The highest BCUT2D eigenvalue weighted by Crippen LogP contribution is 2.25. The summed E-state index contributed by atoms with van der Waals surface area (Å²) in [6.07, 6.45) is 0.372. The topological polar surface area (TPSA) is 95.9 Å². The SMILES string of the molecule is COc1ccc(C(=O)NCCCC(=O)O)cc1O. The fourth-order valence-electron chi connectivity index (χ4n) is 1.37. The van der Waals surface area contributed by atoms with Crippen molar-refractivity contribution in [1.29, 1.82) is 0 Å². The van der Waals surface area contributed by atoms with Crippen LogP contribution in [-0.4, -0.2) is 35.7 Å². The molecule has 0 unspecified atom stereocenters. The molecule has 98 valence electrons. The van der Waals surface area contributed by atoms with E-state index in [0.29, 0.717) is 12.0 Å². The smallest absolute Gasteiger partial charge is 0.303 e. The summed E-state index contributed by atoms with van der Waals surface area (Å²) in [5, 5.41) is 20.5. The summed E-state index contributed by atoms with van der Waals surface area (Å²) in [4.78, 5) is 21.9. The van der Waals surface area contributed by atoms with Crippen LogP contribution in [-0.2, 0) is 4.79 Å². The molecule has 3 N–H and O–H groups in total. The molecule has 0 atom stereocenters. The molecule has 18 heavy (non-hydrogen) atoms. The quantitative estimate of drug-likeness (QED) is 0.657. The van der Waals surface area contributed by atoms with Gasteiger partial charge < -0.3 is 20.3 Å². The Morgan fingerprint density at radius 3 is 2.67 bits per heavy atom. The second-order valence-corrected chi connectivity index (χ2v) is 3.64. The standard InChI is InChI=1S/C12H15NO5/c1-18-10-5-4-8(7-9(10)14)12(17)13-6-2-3-11(15)16/h4-5,7,14H,2-3,6H2,1H3,(H,13,17)(H,15,16). The minimum atomic E-state index is -0.897. The van der Waals surface area contributed by atoms with Crippen LogP contribution in [0.15, 0.2) is 18.2 Å². The first-order valence-corrected chi connectivity index (χ1v) is 5.41. The van der Waals surface area contributed by atoms with Crippen molar-refractivity contribution in [3.05, 3.63) is 23.8 Å². The van der Waals surface area contributed by atoms with Crippen LogP contribution in [0.2, 0.25) is 0 Å². The van der Waals surface area contributed by atoms with E-state index in [9.17, 15) is 14.7 Å². The molecule has 0 aliphatic carbocycles. The van der Waals surface area contributed by atoms with E-state index in [0.717, 1.165) is 0 Å². The van der Waals surface area contributed by atoms with Gasteiger partial charge in [0.15, 0.2) is 11.5 Å². The number of phenols is 1. The number of benzene rings is 1. The van der Waals surface area contributed by atoms with Gasteiger partial charge in [0, 0.05) is 18.5 Å². The second kappa shape index (κ2) is 6.48. The fourth-order valence-corrected chi connectivity index (χ4v) is 1.37. The molecule has 0 aliphatic rings. The highest BCUT2D eigenvalue weighted by molar-refractivity contribution is 5.94. The molecule has 0 saturated carbocycles. The number of methoxy groups -OCH3 is 1. The molecule has 0 spiro atoms. The Morgan fingerprint density at radius 1 is 1.39 bits per heavy atom. The van der Waals surface area contributed by atoms with Gasteiger partial charge in [0.1, 0.15) is 0 Å². The lowest BCUT2D eigenvalue weighted by Crippen LogP contribution is -2.24. The molecule has 6 nitrogen and oxygen atoms in total. The lowest BCUT2D eigenvalue weighted by atomic mass is 10.2. The number of rotatable bonds is 6. The highest BCUT2D eigenvalue weighted by Gasteiger charge is 2.09. The summed E-state index contributed by atoms with van der Waals surface area (Å²) in [7, 11) is 1.42. The van der Waals surface area contributed by atoms with E-state index >= 15 is 0 Å². The molecule has 0 heterocycles. The lowest BCUT2D eigenvalue weighted by molar-refractivity contribution is -0.137. The largest absolute Gasteiger partial charge is 0.504 e. The number of carbonyl (C=O) groups excluding carboxylic acids is 1. The number of phenolic OH excluding ortho intramolecular Hbond substituents is 1. The molecule has 0 aliphatic heterocycles. The summed E-state index contributed by atoms with van der Waals surface area (Å²) in [5.41, 5.74) is 0.295. The van der Waals surface area contributed by atoms with Crippen molar-refractivity contribution in [3.8, 4) is 11.5 Å². The third-order valence-corrected chi connectivity index (χ3v) is 2.29. The zero-order chi connectivity index (χ0) is 13.5. The number of carbonyl (C=O) groups is 2. The number of amides is 1. The molecule has 0 bridgehead atoms. The maximum atomic E-state index is 11.6. The minimum Gasteiger partial charge on any atom is -0.504 e. The van der Waals surface area contributed by atoms with Crippen LogP contribution in [0.5, 0.6) is 11.5 Å². The molecule has 1 amide bonds. The van der Waals surface area contributed by atoms with Gasteiger partial charge in [-0.3, -0.25) is 9.59 Å². The number of carboxylic acid groups (broad SMARTS) is 1. The van der Waals surface area contributed by atoms with Crippen LogP contribution in [0.4, 0.5) is 0 Å². The number of hydrogen-bond acceptors (Lipinski definition) is 4. The zero-order valence-corrected chi connectivity index (χ0v) is 9.97. The number of hydrogen-bond donors (Lipinski definition) is 3. The second-order valence-electron chi connectivity index (χ2n) is 3.64. The average molecular weight is 253 g/mol. The lowest BCUT2D eigenvalue weighted by Gasteiger charge is -2.07. The number of nitrogens with one attached hydrogen (secondary N) is 1. The van der Waals surface area contributed by atoms with Crippen molar-refractivity contribution in [2.45, 2.75) is 12.8 Å². The summed E-state index contributed by atoms with van der Waals surface area (Å²) in [5.74, 6) is -1.09. The molecule has 0 radical (unpaired) electrons.